The van der Waals surface area contributed by atoms with Gasteiger partial charge in [0.25, 0.3) is 0 Å². The van der Waals surface area contributed by atoms with Gasteiger partial charge in [-0.1, -0.05) is 49.7 Å². The Balaban J connectivity index is 1.51. The lowest BCUT2D eigenvalue weighted by Crippen LogP contribution is -2.46. The number of carbonyl (C=O) groups is 1. The average molecular weight is 505 g/mol. The number of rotatable bonds is 8. The van der Waals surface area contributed by atoms with E-state index in [1.54, 1.807) is 31.3 Å². The number of ether oxygens (including phenoxy) is 1. The number of hydrogen-bond acceptors (Lipinski definition) is 5. The number of aliphatic hydroxyl groups is 1. The molecule has 36 heavy (non-hydrogen) atoms. The Kier molecular flexibility index (Phi) is 7.65. The molecule has 0 bridgehead atoms. The van der Waals surface area contributed by atoms with Crippen molar-refractivity contribution in [1.82, 2.24) is 10.3 Å². The van der Waals surface area contributed by atoms with E-state index in [4.69, 9.17) is 16.3 Å². The van der Waals surface area contributed by atoms with Gasteiger partial charge in [-0.05, 0) is 74.3 Å². The molecule has 1 atom stereocenters. The molecule has 6 heteroatoms. The Bertz CT molecular complexity index is 1280. The molecule has 2 heterocycles. The lowest BCUT2D eigenvalue weighted by atomic mass is 9.72. The molecule has 3 aromatic rings. The van der Waals surface area contributed by atoms with E-state index in [1.165, 1.54) is 0 Å². The van der Waals surface area contributed by atoms with Crippen LogP contribution < -0.4 is 10.1 Å². The number of hydrogen-bond donors (Lipinski definition) is 2. The second kappa shape index (κ2) is 10.6. The third-order valence-electron chi connectivity index (χ3n) is 7.18. The Morgan fingerprint density at radius 3 is 2.61 bits per heavy atom. The van der Waals surface area contributed by atoms with Crippen molar-refractivity contribution in [3.05, 3.63) is 99.8 Å². The Morgan fingerprint density at radius 1 is 1.14 bits per heavy atom. The zero-order valence-electron chi connectivity index (χ0n) is 21.3. The van der Waals surface area contributed by atoms with Crippen molar-refractivity contribution in [1.29, 1.82) is 0 Å². The topological polar surface area (TPSA) is 71.5 Å². The van der Waals surface area contributed by atoms with Crippen LogP contribution in [-0.2, 0) is 12.2 Å². The molecule has 0 aliphatic carbocycles. The fraction of sp³-hybridized carbons (Fsp3) is 0.333. The summed E-state index contributed by atoms with van der Waals surface area (Å²) >= 11 is 6.03. The maximum absolute atomic E-state index is 12.1. The van der Waals surface area contributed by atoms with Crippen LogP contribution in [0.4, 0.5) is 0 Å². The molecule has 0 radical (unpaired) electrons. The molecule has 1 aliphatic rings. The zero-order chi connectivity index (χ0) is 25.9. The Morgan fingerprint density at radius 2 is 1.89 bits per heavy atom. The predicted molar refractivity (Wildman–Crippen MR) is 144 cm³/mol. The van der Waals surface area contributed by atoms with E-state index < -0.39 is 11.0 Å². The van der Waals surface area contributed by atoms with E-state index in [1.807, 2.05) is 43.3 Å². The van der Waals surface area contributed by atoms with Crippen molar-refractivity contribution in [2.75, 3.05) is 13.1 Å². The molecule has 1 aromatic heterocycles. The van der Waals surface area contributed by atoms with Crippen LogP contribution in [-0.4, -0.2) is 29.0 Å². The number of benzene rings is 2. The van der Waals surface area contributed by atoms with Crippen molar-refractivity contribution < 1.29 is 14.6 Å². The molecular formula is C30H33ClN2O3. The zero-order valence-corrected chi connectivity index (χ0v) is 22.0. The minimum Gasteiger partial charge on any atom is -0.487 e. The molecule has 1 aliphatic heterocycles. The van der Waals surface area contributed by atoms with Crippen molar-refractivity contribution >= 4 is 23.0 Å². The van der Waals surface area contributed by atoms with Gasteiger partial charge in [-0.2, -0.15) is 0 Å². The van der Waals surface area contributed by atoms with Crippen LogP contribution in [0.1, 0.15) is 66.9 Å². The second-order valence-electron chi connectivity index (χ2n) is 10.1. The average Bonchev–Trinajstić information content (AvgIpc) is 3.00. The van der Waals surface area contributed by atoms with Crippen LogP contribution in [0.25, 0.3) is 5.57 Å². The first-order chi connectivity index (χ1) is 17.1. The summed E-state index contributed by atoms with van der Waals surface area (Å²) in [6.45, 7) is 9.25. The summed E-state index contributed by atoms with van der Waals surface area (Å²) < 4.78 is 6.03. The van der Waals surface area contributed by atoms with Gasteiger partial charge in [0.15, 0.2) is 5.78 Å². The van der Waals surface area contributed by atoms with Crippen molar-refractivity contribution in [3.8, 4) is 5.75 Å². The van der Waals surface area contributed by atoms with Gasteiger partial charge in [0, 0.05) is 39.9 Å². The lowest BCUT2D eigenvalue weighted by molar-refractivity contribution is -0.0561. The monoisotopic (exact) mass is 504 g/mol. The summed E-state index contributed by atoms with van der Waals surface area (Å²) in [4.78, 5) is 16.6. The van der Waals surface area contributed by atoms with Crippen LogP contribution in [0.5, 0.6) is 5.75 Å². The van der Waals surface area contributed by atoms with Gasteiger partial charge in [0.1, 0.15) is 12.4 Å². The maximum atomic E-state index is 12.1. The summed E-state index contributed by atoms with van der Waals surface area (Å²) in [5.41, 5.74) is 3.84. The fourth-order valence-corrected chi connectivity index (χ4v) is 4.58. The first-order valence-corrected chi connectivity index (χ1v) is 12.6. The van der Waals surface area contributed by atoms with Gasteiger partial charge in [-0.25, -0.2) is 0 Å². The molecular weight excluding hydrogens is 472 g/mol. The number of Topliss-reactive ketones (excluding diaryl/α,β-unsaturated/α-hetero) is 1. The summed E-state index contributed by atoms with van der Waals surface area (Å²) in [6.07, 6.45) is 4.70. The number of carbonyl (C=O) groups excluding carboxylic acids is 1. The minimum atomic E-state index is -1.03. The van der Waals surface area contributed by atoms with E-state index >= 15 is 0 Å². The Labute approximate surface area is 218 Å². The fourth-order valence-electron chi connectivity index (χ4n) is 4.45. The summed E-state index contributed by atoms with van der Waals surface area (Å²) in [5, 5.41) is 15.5. The van der Waals surface area contributed by atoms with Gasteiger partial charge in [0.05, 0.1) is 11.3 Å². The highest BCUT2D eigenvalue weighted by molar-refractivity contribution is 6.30. The molecule has 0 spiro atoms. The highest BCUT2D eigenvalue weighted by atomic mass is 35.5. The number of nitrogens with one attached hydrogen (secondary N) is 1. The standard InChI is InChI=1S/C30H33ClN2O3/c1-20(34)21-9-14-28-26(17-21)24(25-8-6-16-33-27(25)18-36-28)7-5-15-32-19-29(2,3)30(4,35)22-10-12-23(31)13-11-22/h6-14,16-17,32,35H,5,15,18-19H2,1-4H3/b24-7+. The van der Waals surface area contributed by atoms with Crippen LogP contribution in [0.2, 0.25) is 5.02 Å². The molecule has 1 unspecified atom stereocenters. The van der Waals surface area contributed by atoms with Crippen LogP contribution in [0.3, 0.4) is 0 Å². The van der Waals surface area contributed by atoms with E-state index in [0.717, 1.165) is 46.7 Å². The summed E-state index contributed by atoms with van der Waals surface area (Å²) in [5.74, 6) is 0.766. The van der Waals surface area contributed by atoms with Gasteiger partial charge < -0.3 is 15.2 Å². The molecule has 2 aromatic carbocycles. The number of ketones is 1. The molecule has 0 fully saturated rings. The number of nitrogens with zero attached hydrogens (tertiary/aromatic N) is 1. The summed E-state index contributed by atoms with van der Waals surface area (Å²) in [6, 6.07) is 16.9. The van der Waals surface area contributed by atoms with E-state index in [2.05, 4.69) is 30.2 Å². The van der Waals surface area contributed by atoms with Gasteiger partial charge in [0.2, 0.25) is 0 Å². The van der Waals surface area contributed by atoms with Crippen LogP contribution in [0, 0.1) is 5.41 Å². The normalized spacial score (nSPS) is 15.9. The largest absolute Gasteiger partial charge is 0.487 e. The smallest absolute Gasteiger partial charge is 0.159 e. The number of halogens is 1. The minimum absolute atomic E-state index is 0.0180. The molecule has 4 rings (SSSR count). The molecule has 0 saturated carbocycles. The number of fused-ring (bicyclic) bond motifs is 2. The van der Waals surface area contributed by atoms with Crippen molar-refractivity contribution in [2.45, 2.75) is 46.3 Å². The molecule has 0 saturated heterocycles. The molecule has 188 valence electrons. The van der Waals surface area contributed by atoms with Gasteiger partial charge in [-0.15, -0.1) is 0 Å². The Hall–Kier alpha value is -2.99. The number of pyridine rings is 1. The van der Waals surface area contributed by atoms with Gasteiger partial charge in [-0.3, -0.25) is 9.78 Å². The van der Waals surface area contributed by atoms with Crippen molar-refractivity contribution in [3.63, 3.8) is 0 Å². The third-order valence-corrected chi connectivity index (χ3v) is 7.43. The maximum Gasteiger partial charge on any atom is 0.159 e. The highest BCUT2D eigenvalue weighted by Crippen LogP contribution is 2.40. The predicted octanol–water partition coefficient (Wildman–Crippen LogP) is 6.18. The second-order valence-corrected chi connectivity index (χ2v) is 10.5. The van der Waals surface area contributed by atoms with E-state index in [9.17, 15) is 9.90 Å². The van der Waals surface area contributed by atoms with Crippen LogP contribution in [0.15, 0.2) is 66.9 Å². The van der Waals surface area contributed by atoms with Crippen LogP contribution >= 0.6 is 11.6 Å². The third kappa shape index (κ3) is 5.39. The first kappa shape index (κ1) is 26.1. The summed E-state index contributed by atoms with van der Waals surface area (Å²) in [7, 11) is 0. The molecule has 0 amide bonds. The highest BCUT2D eigenvalue weighted by Gasteiger charge is 2.40. The quantitative estimate of drug-likeness (QED) is 0.283. The van der Waals surface area contributed by atoms with Gasteiger partial charge >= 0.3 is 0 Å². The van der Waals surface area contributed by atoms with E-state index in [0.29, 0.717) is 23.7 Å². The SMILES string of the molecule is CC(=O)c1ccc2c(c1)/C(=C/CCNCC(C)(C)C(C)(O)c1ccc(Cl)cc1)c1cccnc1CO2. The molecule has 5 nitrogen and oxygen atoms in total. The molecule has 2 N–H and O–H groups in total. The first-order valence-electron chi connectivity index (χ1n) is 12.2. The van der Waals surface area contributed by atoms with Crippen molar-refractivity contribution in [2.24, 2.45) is 5.41 Å². The van der Waals surface area contributed by atoms with E-state index in [-0.39, 0.29) is 5.78 Å². The number of aromatic nitrogens is 1. The lowest BCUT2D eigenvalue weighted by Gasteiger charge is -2.41.